The third-order valence-electron chi connectivity index (χ3n) is 12.0. The number of nitrogens with zero attached hydrogens (tertiary/aromatic N) is 6. The topological polar surface area (TPSA) is 90.8 Å². The smallest absolute Gasteiger partial charge is 0.189 e. The van der Waals surface area contributed by atoms with E-state index < -0.39 is 0 Å². The number of fused-ring (bicyclic) bond motifs is 3. The van der Waals surface area contributed by atoms with E-state index in [1.165, 1.54) is 28.0 Å². The molecule has 75 heavy (non-hydrogen) atoms. The van der Waals surface area contributed by atoms with E-state index >= 15 is 0 Å². The molecule has 1 N–H and O–H groups in total. The molecule has 0 unspecified atom stereocenters. The molecule has 0 amide bonds. The van der Waals surface area contributed by atoms with Crippen LogP contribution in [0, 0.1) is 32.0 Å². The van der Waals surface area contributed by atoms with Crippen molar-refractivity contribution in [2.24, 2.45) is 14.1 Å². The molecule has 0 saturated carbocycles. The van der Waals surface area contributed by atoms with Crippen LogP contribution < -0.4 is 0 Å². The van der Waals surface area contributed by atoms with Gasteiger partial charge in [-0.05, 0) is 59.3 Å². The van der Waals surface area contributed by atoms with Gasteiger partial charge in [0.25, 0.3) is 0 Å². The first-order valence-corrected chi connectivity index (χ1v) is 23.6. The number of rotatable bonds is 7. The second kappa shape index (κ2) is 27.2. The van der Waals surface area contributed by atoms with Crippen molar-refractivity contribution >= 4 is 44.3 Å². The molecule has 11 heteroatoms. The van der Waals surface area contributed by atoms with Crippen molar-refractivity contribution in [2.45, 2.75) is 13.8 Å². The molecule has 0 saturated heterocycles. The Balaban J connectivity index is 0.000000162. The maximum atomic E-state index is 11.8. The van der Waals surface area contributed by atoms with Gasteiger partial charge in [0.1, 0.15) is 5.76 Å². The van der Waals surface area contributed by atoms with E-state index in [9.17, 15) is 9.90 Å². The van der Waals surface area contributed by atoms with E-state index in [1.807, 2.05) is 139 Å². The zero-order chi connectivity index (χ0) is 49.8. The number of carbonyl (C=O) groups is 1. The van der Waals surface area contributed by atoms with E-state index in [1.54, 1.807) is 36.4 Å². The fraction of sp³-hybridized carbons (Fsp3) is 0.0625. The number of aliphatic hydroxyl groups is 1. The third kappa shape index (κ3) is 13.5. The predicted octanol–water partition coefficient (Wildman–Crippen LogP) is 14.7. The standard InChI is InChI=1S/C21H17N2.C15H12O2.2C14H11N2.3Ir/c1-15-9-8-10-16(2)21(15)23-19-14-7-6-13-18(19)20(22-23)17-11-4-3-5-12-17;16-14(12-7-3-1-4-8-12)11-15(17)13-9-5-2-6-10-13;2*1-16-13-10-6-5-9-12(13)14(15-16)11-7-3-2-4-8-11;;;/h3-11,13-14H,1-2H3;1-11,16H;2*2-7,9-10H,1H3;;;/q-1;;2*-1;;;. The van der Waals surface area contributed by atoms with Crippen LogP contribution in [0.4, 0.5) is 0 Å². The molecule has 0 aliphatic carbocycles. The van der Waals surface area contributed by atoms with Gasteiger partial charge in [0.15, 0.2) is 5.78 Å². The third-order valence-corrected chi connectivity index (χ3v) is 12.0. The maximum Gasteiger partial charge on any atom is 0.189 e. The first kappa shape index (κ1) is 56.8. The van der Waals surface area contributed by atoms with Crippen molar-refractivity contribution in [2.75, 3.05) is 0 Å². The molecule has 3 heterocycles. The van der Waals surface area contributed by atoms with Crippen LogP contribution in [0.1, 0.15) is 27.0 Å². The molecule has 12 rings (SSSR count). The Labute approximate surface area is 478 Å². The number of allylic oxidation sites excluding steroid dienone is 1. The SMILES string of the molecule is Cc1cccc(C)c1-n1nc(-c2[c-]cccc2)c2ccccc21.Cn1nc(-c2[c-]cccc2)c2ccccc21.Cn1nc(-c2[c-]cccc2)c2ccccc21.O=C(C=C(O)c1ccccc1)c1ccccc1.[Ir].[Ir].[Ir]. The molecular formula is C64H51Ir3N6O2-3. The van der Waals surface area contributed by atoms with Crippen molar-refractivity contribution in [3.63, 3.8) is 0 Å². The minimum Gasteiger partial charge on any atom is -0.507 e. The molecule has 0 aliphatic rings. The first-order chi connectivity index (χ1) is 35.2. The number of hydrogen-bond donors (Lipinski definition) is 1. The second-order valence-electron chi connectivity index (χ2n) is 17.0. The van der Waals surface area contributed by atoms with E-state index in [2.05, 4.69) is 120 Å². The van der Waals surface area contributed by atoms with Gasteiger partial charge in [-0.2, -0.15) is 0 Å². The number of para-hydroxylation sites is 4. The summed E-state index contributed by atoms with van der Waals surface area (Å²) in [5.74, 6) is -0.216. The van der Waals surface area contributed by atoms with Gasteiger partial charge in [0.2, 0.25) is 0 Å². The summed E-state index contributed by atoms with van der Waals surface area (Å²) in [6, 6.07) is 82.6. The van der Waals surface area contributed by atoms with E-state index in [0.29, 0.717) is 11.1 Å². The van der Waals surface area contributed by atoms with Crippen LogP contribution in [0.2, 0.25) is 0 Å². The number of benzene rings is 9. The summed E-state index contributed by atoms with van der Waals surface area (Å²) in [7, 11) is 3.93. The largest absolute Gasteiger partial charge is 0.507 e. The van der Waals surface area contributed by atoms with Gasteiger partial charge in [-0.3, -0.25) is 14.2 Å². The molecule has 3 aromatic heterocycles. The van der Waals surface area contributed by atoms with E-state index in [-0.39, 0.29) is 71.9 Å². The Morgan fingerprint density at radius 2 is 0.787 bits per heavy atom. The summed E-state index contributed by atoms with van der Waals surface area (Å²) >= 11 is 0. The molecule has 0 bridgehead atoms. The zero-order valence-corrected chi connectivity index (χ0v) is 48.7. The summed E-state index contributed by atoms with van der Waals surface area (Å²) in [5, 5.41) is 27.3. The van der Waals surface area contributed by atoms with Crippen LogP contribution in [0.5, 0.6) is 0 Å². The molecular weight excluding hydrogens is 1460 g/mol. The average Bonchev–Trinajstić information content (AvgIpc) is 4.11. The van der Waals surface area contributed by atoms with Gasteiger partial charge in [-0.15, -0.1) is 108 Å². The normalized spacial score (nSPS) is 10.5. The van der Waals surface area contributed by atoms with Gasteiger partial charge >= 0.3 is 0 Å². The number of hydrogen-bond acceptors (Lipinski definition) is 5. The molecule has 8 nitrogen and oxygen atoms in total. The minimum absolute atomic E-state index is 0. The summed E-state index contributed by atoms with van der Waals surface area (Å²) < 4.78 is 5.88. The Morgan fingerprint density at radius 3 is 1.21 bits per heavy atom. The van der Waals surface area contributed by atoms with Crippen LogP contribution in [0.15, 0.2) is 231 Å². The van der Waals surface area contributed by atoms with Crippen molar-refractivity contribution in [1.29, 1.82) is 0 Å². The zero-order valence-electron chi connectivity index (χ0n) is 41.5. The number of carbonyl (C=O) groups excluding carboxylic acids is 1. The van der Waals surface area contributed by atoms with Crippen molar-refractivity contribution in [1.82, 2.24) is 29.3 Å². The van der Waals surface area contributed by atoms with Gasteiger partial charge in [0, 0.05) is 109 Å². The van der Waals surface area contributed by atoms with E-state index in [0.717, 1.165) is 61.4 Å². The maximum absolute atomic E-state index is 11.8. The van der Waals surface area contributed by atoms with Crippen molar-refractivity contribution < 1.29 is 70.2 Å². The van der Waals surface area contributed by atoms with Gasteiger partial charge < -0.3 is 5.11 Å². The number of aromatic nitrogens is 6. The average molecular weight is 1510 g/mol. The molecule has 0 atom stereocenters. The van der Waals surface area contributed by atoms with Gasteiger partial charge in [0.05, 0.1) is 22.2 Å². The van der Waals surface area contributed by atoms with Crippen LogP contribution in [-0.4, -0.2) is 40.2 Å². The molecule has 12 aromatic rings. The first-order valence-electron chi connectivity index (χ1n) is 23.6. The molecule has 0 aliphatic heterocycles. The second-order valence-corrected chi connectivity index (χ2v) is 17.0. The number of aliphatic hydroxyl groups excluding tert-OH is 1. The summed E-state index contributed by atoms with van der Waals surface area (Å²) in [6.07, 6.45) is 1.24. The molecule has 3 radical (unpaired) electrons. The monoisotopic (exact) mass is 1510 g/mol. The van der Waals surface area contributed by atoms with Crippen LogP contribution in [0.25, 0.3) is 77.9 Å². The summed E-state index contributed by atoms with van der Waals surface area (Å²) in [6.45, 7) is 4.26. The molecule has 0 fully saturated rings. The molecule has 379 valence electrons. The quantitative estimate of drug-likeness (QED) is 0.0743. The molecule has 9 aromatic carbocycles. The van der Waals surface area contributed by atoms with Crippen LogP contribution in [-0.2, 0) is 74.4 Å². The Kier molecular flexibility index (Phi) is 20.6. The Hall–Kier alpha value is -7.45. The van der Waals surface area contributed by atoms with Crippen LogP contribution >= 0.6 is 0 Å². The van der Waals surface area contributed by atoms with Crippen molar-refractivity contribution in [3.05, 3.63) is 271 Å². The van der Waals surface area contributed by atoms with Gasteiger partial charge in [-0.25, -0.2) is 20.0 Å². The number of aryl methyl sites for hydroxylation is 4. The van der Waals surface area contributed by atoms with E-state index in [4.69, 9.17) is 5.10 Å². The fourth-order valence-corrected chi connectivity index (χ4v) is 8.53. The summed E-state index contributed by atoms with van der Waals surface area (Å²) in [4.78, 5) is 11.8. The Morgan fingerprint density at radius 1 is 0.427 bits per heavy atom. The summed E-state index contributed by atoms with van der Waals surface area (Å²) in [5.41, 5.74) is 14.3. The molecule has 0 spiro atoms. The fourth-order valence-electron chi connectivity index (χ4n) is 8.53. The van der Waals surface area contributed by atoms with Crippen molar-refractivity contribution in [3.8, 4) is 39.5 Å². The predicted molar refractivity (Wildman–Crippen MR) is 293 cm³/mol. The van der Waals surface area contributed by atoms with Gasteiger partial charge in [-0.1, -0.05) is 133 Å². The minimum atomic E-state index is -0.202. The number of ketones is 1. The van der Waals surface area contributed by atoms with Crippen LogP contribution in [0.3, 0.4) is 0 Å². The Bertz CT molecular complexity index is 3630.